The van der Waals surface area contributed by atoms with Crippen molar-refractivity contribution >= 4 is 11.8 Å². The van der Waals surface area contributed by atoms with Gasteiger partial charge in [0, 0.05) is 6.07 Å². The van der Waals surface area contributed by atoms with Crippen molar-refractivity contribution in [1.82, 2.24) is 0 Å². The van der Waals surface area contributed by atoms with Crippen molar-refractivity contribution in [2.24, 2.45) is 0 Å². The quantitative estimate of drug-likeness (QED) is 0.767. The topological polar surface area (TPSA) is 38.8 Å². The maximum absolute atomic E-state index is 11.6. The Bertz CT molecular complexity index is 442. The second kappa shape index (κ2) is 3.89. The third-order valence-electron chi connectivity index (χ3n) is 2.53. The summed E-state index contributed by atoms with van der Waals surface area (Å²) >= 11 is 0. The van der Waals surface area contributed by atoms with E-state index in [-0.39, 0.29) is 6.10 Å². The van der Waals surface area contributed by atoms with Gasteiger partial charge in [-0.1, -0.05) is 12.6 Å². The second-order valence-corrected chi connectivity index (χ2v) is 3.55. The van der Waals surface area contributed by atoms with E-state index in [1.807, 2.05) is 18.2 Å². The summed E-state index contributed by atoms with van der Waals surface area (Å²) in [6.45, 7) is 5.63. The van der Waals surface area contributed by atoms with Gasteiger partial charge in [0.2, 0.25) is 0 Å². The average Bonchev–Trinajstić information content (AvgIpc) is 2.53. The van der Waals surface area contributed by atoms with Crippen molar-refractivity contribution in [2.75, 3.05) is 12.0 Å². The zero-order chi connectivity index (χ0) is 11.7. The molecular formula is C12H13NO3. The summed E-state index contributed by atoms with van der Waals surface area (Å²) in [5, 5.41) is 0. The van der Waals surface area contributed by atoms with Crippen LogP contribution in [0.5, 0.6) is 5.75 Å². The van der Waals surface area contributed by atoms with Gasteiger partial charge in [0.1, 0.15) is 11.9 Å². The van der Waals surface area contributed by atoms with E-state index >= 15 is 0 Å². The molecule has 1 aliphatic rings. The largest absolute Gasteiger partial charge is 0.497 e. The summed E-state index contributed by atoms with van der Waals surface area (Å²) in [5.41, 5.74) is 1.34. The minimum absolute atomic E-state index is 0.279. The first kappa shape index (κ1) is 10.5. The minimum Gasteiger partial charge on any atom is -0.497 e. The lowest BCUT2D eigenvalue weighted by atomic mass is 10.2. The molecule has 0 aromatic heterocycles. The summed E-state index contributed by atoms with van der Waals surface area (Å²) in [6, 6.07) is 7.21. The van der Waals surface area contributed by atoms with E-state index < -0.39 is 6.09 Å². The molecule has 1 unspecified atom stereocenters. The molecule has 1 aromatic rings. The molecule has 1 fully saturated rings. The third kappa shape index (κ3) is 1.62. The number of benzene rings is 1. The van der Waals surface area contributed by atoms with E-state index in [9.17, 15) is 4.79 Å². The summed E-state index contributed by atoms with van der Waals surface area (Å²) in [7, 11) is 1.58. The number of amides is 1. The Morgan fingerprint density at radius 3 is 2.81 bits per heavy atom. The molecule has 0 spiro atoms. The van der Waals surface area contributed by atoms with E-state index in [0.717, 1.165) is 0 Å². The lowest BCUT2D eigenvalue weighted by molar-refractivity contribution is 0.154. The molecule has 0 aliphatic carbocycles. The summed E-state index contributed by atoms with van der Waals surface area (Å²) in [5.74, 6) is 0.692. The van der Waals surface area contributed by atoms with Crippen molar-refractivity contribution in [3.8, 4) is 5.75 Å². The fourth-order valence-corrected chi connectivity index (χ4v) is 1.59. The molecule has 0 bridgehead atoms. The highest BCUT2D eigenvalue weighted by Gasteiger charge is 2.33. The Kier molecular flexibility index (Phi) is 2.56. The lowest BCUT2D eigenvalue weighted by Crippen LogP contribution is -2.21. The van der Waals surface area contributed by atoms with Crippen molar-refractivity contribution in [3.05, 3.63) is 36.5 Å². The van der Waals surface area contributed by atoms with Crippen molar-refractivity contribution in [1.29, 1.82) is 0 Å². The number of carbonyl (C=O) groups excluding carboxylic acids is 1. The van der Waals surface area contributed by atoms with E-state index in [4.69, 9.17) is 9.47 Å². The van der Waals surface area contributed by atoms with Crippen LogP contribution < -0.4 is 9.64 Å². The van der Waals surface area contributed by atoms with Gasteiger partial charge in [-0.3, -0.25) is 0 Å². The van der Waals surface area contributed by atoms with Crippen LogP contribution in [0.3, 0.4) is 0 Å². The normalized spacial score (nSPS) is 19.9. The Morgan fingerprint density at radius 2 is 2.25 bits per heavy atom. The van der Waals surface area contributed by atoms with Gasteiger partial charge in [0.15, 0.2) is 0 Å². The molecular weight excluding hydrogens is 206 g/mol. The van der Waals surface area contributed by atoms with Crippen LogP contribution in [0, 0.1) is 0 Å². The van der Waals surface area contributed by atoms with E-state index in [0.29, 0.717) is 17.1 Å². The first-order valence-electron chi connectivity index (χ1n) is 4.97. The van der Waals surface area contributed by atoms with Crippen LogP contribution in [-0.4, -0.2) is 19.3 Å². The van der Waals surface area contributed by atoms with Crippen LogP contribution in [0.25, 0.3) is 0 Å². The maximum atomic E-state index is 11.6. The number of ether oxygens (including phenoxy) is 2. The fourth-order valence-electron chi connectivity index (χ4n) is 1.59. The third-order valence-corrected chi connectivity index (χ3v) is 2.53. The van der Waals surface area contributed by atoms with Gasteiger partial charge >= 0.3 is 6.09 Å². The van der Waals surface area contributed by atoms with E-state index in [1.165, 1.54) is 4.90 Å². The number of cyclic esters (lactones) is 1. The zero-order valence-corrected chi connectivity index (χ0v) is 9.27. The molecule has 1 saturated heterocycles. The number of hydrogen-bond acceptors (Lipinski definition) is 3. The number of methoxy groups -OCH3 is 1. The van der Waals surface area contributed by atoms with Crippen LogP contribution in [0.2, 0.25) is 0 Å². The molecule has 4 nitrogen and oxygen atoms in total. The number of anilines is 1. The highest BCUT2D eigenvalue weighted by Crippen LogP contribution is 2.30. The van der Waals surface area contributed by atoms with Crippen molar-refractivity contribution in [3.63, 3.8) is 0 Å². The summed E-state index contributed by atoms with van der Waals surface area (Å²) in [6.07, 6.45) is -0.676. The Morgan fingerprint density at radius 1 is 1.50 bits per heavy atom. The molecule has 84 valence electrons. The van der Waals surface area contributed by atoms with Gasteiger partial charge in [0.25, 0.3) is 0 Å². The maximum Gasteiger partial charge on any atom is 0.419 e. The molecule has 16 heavy (non-hydrogen) atoms. The first-order chi connectivity index (χ1) is 7.63. The van der Waals surface area contributed by atoms with E-state index in [2.05, 4.69) is 6.58 Å². The highest BCUT2D eigenvalue weighted by atomic mass is 16.6. The van der Waals surface area contributed by atoms with Crippen LogP contribution >= 0.6 is 0 Å². The number of hydrogen-bond donors (Lipinski definition) is 0. The molecule has 2 rings (SSSR count). The molecule has 0 radical (unpaired) electrons. The number of rotatable bonds is 2. The molecule has 1 aromatic carbocycles. The lowest BCUT2D eigenvalue weighted by Gasteiger charge is -2.15. The van der Waals surface area contributed by atoms with Gasteiger partial charge < -0.3 is 9.47 Å². The molecule has 0 saturated carbocycles. The molecule has 1 amide bonds. The molecule has 1 heterocycles. The predicted molar refractivity (Wildman–Crippen MR) is 60.6 cm³/mol. The minimum atomic E-state index is -0.397. The Labute approximate surface area is 94.1 Å². The first-order valence-corrected chi connectivity index (χ1v) is 4.97. The second-order valence-electron chi connectivity index (χ2n) is 3.55. The van der Waals surface area contributed by atoms with E-state index in [1.54, 1.807) is 20.1 Å². The van der Waals surface area contributed by atoms with Crippen LogP contribution in [0.15, 0.2) is 36.5 Å². The van der Waals surface area contributed by atoms with Gasteiger partial charge in [-0.15, -0.1) is 0 Å². The zero-order valence-electron chi connectivity index (χ0n) is 9.27. The Balaban J connectivity index is 2.36. The molecule has 4 heteroatoms. The predicted octanol–water partition coefficient (Wildman–Crippen LogP) is 2.55. The molecule has 1 atom stereocenters. The van der Waals surface area contributed by atoms with Gasteiger partial charge in [0.05, 0.1) is 18.5 Å². The van der Waals surface area contributed by atoms with Crippen molar-refractivity contribution < 1.29 is 14.3 Å². The van der Waals surface area contributed by atoms with Crippen LogP contribution in [-0.2, 0) is 4.74 Å². The van der Waals surface area contributed by atoms with Crippen LogP contribution in [0.4, 0.5) is 10.5 Å². The van der Waals surface area contributed by atoms with Gasteiger partial charge in [-0.2, -0.15) is 0 Å². The molecule has 0 N–H and O–H groups in total. The van der Waals surface area contributed by atoms with Crippen LogP contribution in [0.1, 0.15) is 6.92 Å². The summed E-state index contributed by atoms with van der Waals surface area (Å²) < 4.78 is 10.2. The smallest absolute Gasteiger partial charge is 0.419 e. The SMILES string of the molecule is C=C1C(C)OC(=O)N1c1cccc(OC)c1. The summed E-state index contributed by atoms with van der Waals surface area (Å²) in [4.78, 5) is 13.0. The van der Waals surface area contributed by atoms with Gasteiger partial charge in [-0.05, 0) is 19.1 Å². The van der Waals surface area contributed by atoms with Gasteiger partial charge in [-0.25, -0.2) is 9.69 Å². The van der Waals surface area contributed by atoms with Crippen molar-refractivity contribution in [2.45, 2.75) is 13.0 Å². The number of carbonyl (C=O) groups is 1. The monoisotopic (exact) mass is 219 g/mol. The highest BCUT2D eigenvalue weighted by molar-refractivity contribution is 5.94. The average molecular weight is 219 g/mol. The standard InChI is InChI=1S/C12H13NO3/c1-8-9(2)16-12(14)13(8)10-5-4-6-11(7-10)15-3/h4-7,9H,1H2,2-3H3. The molecule has 1 aliphatic heterocycles. The Hall–Kier alpha value is -1.97. The number of nitrogens with zero attached hydrogens (tertiary/aromatic N) is 1. The fraction of sp³-hybridized carbons (Fsp3) is 0.250.